The molecule has 1 aromatic carbocycles. The van der Waals surface area contributed by atoms with E-state index in [0.717, 1.165) is 49.4 Å². The molecule has 0 saturated heterocycles. The molecule has 0 spiro atoms. The van der Waals surface area contributed by atoms with Gasteiger partial charge in [0.1, 0.15) is 11.4 Å². The van der Waals surface area contributed by atoms with Gasteiger partial charge in [0, 0.05) is 25.3 Å². The molecule has 0 atom stereocenters. The number of nitrogens with zero attached hydrogens (tertiary/aromatic N) is 3. The van der Waals surface area contributed by atoms with Crippen LogP contribution in [0.15, 0.2) is 30.3 Å². The predicted molar refractivity (Wildman–Crippen MR) is 109 cm³/mol. The summed E-state index contributed by atoms with van der Waals surface area (Å²) < 4.78 is 5.16. The Kier molecular flexibility index (Phi) is 8.04. The average molecular weight is 370 g/mol. The van der Waals surface area contributed by atoms with E-state index in [0.29, 0.717) is 18.2 Å². The Labute approximate surface area is 162 Å². The van der Waals surface area contributed by atoms with Crippen molar-refractivity contribution in [2.24, 2.45) is 0 Å². The van der Waals surface area contributed by atoms with Crippen molar-refractivity contribution in [1.82, 2.24) is 15.3 Å². The van der Waals surface area contributed by atoms with Crippen LogP contribution in [0.25, 0.3) is 0 Å². The second-order valence-corrected chi connectivity index (χ2v) is 6.54. The number of hydrogen-bond acceptors (Lipinski definition) is 5. The topological polar surface area (TPSA) is 67.4 Å². The van der Waals surface area contributed by atoms with E-state index in [2.05, 4.69) is 34.0 Å². The summed E-state index contributed by atoms with van der Waals surface area (Å²) in [6.07, 6.45) is 2.78. The number of methoxy groups -OCH3 is 1. The van der Waals surface area contributed by atoms with Crippen molar-refractivity contribution < 1.29 is 9.53 Å². The van der Waals surface area contributed by atoms with Gasteiger partial charge in [-0.05, 0) is 49.9 Å². The minimum Gasteiger partial charge on any atom is -0.497 e. The van der Waals surface area contributed by atoms with Gasteiger partial charge in [-0.3, -0.25) is 4.79 Å². The molecule has 0 aliphatic rings. The van der Waals surface area contributed by atoms with E-state index in [1.54, 1.807) is 13.2 Å². The van der Waals surface area contributed by atoms with Gasteiger partial charge in [-0.25, -0.2) is 9.97 Å². The largest absolute Gasteiger partial charge is 0.497 e. The van der Waals surface area contributed by atoms with Gasteiger partial charge in [0.15, 0.2) is 0 Å². The van der Waals surface area contributed by atoms with Crippen LogP contribution in [0, 0.1) is 6.92 Å². The SMILES string of the molecule is CCCN(CCC)c1nc(C)cc(C(=O)NCCc2ccc(OC)cc2)n1. The lowest BCUT2D eigenvalue weighted by atomic mass is 10.1. The third-order valence-corrected chi connectivity index (χ3v) is 4.20. The number of amides is 1. The molecule has 2 rings (SSSR count). The number of hydrogen-bond donors (Lipinski definition) is 1. The second kappa shape index (κ2) is 10.5. The Hall–Kier alpha value is -2.63. The van der Waals surface area contributed by atoms with Crippen molar-refractivity contribution in [3.05, 3.63) is 47.3 Å². The summed E-state index contributed by atoms with van der Waals surface area (Å²) in [6, 6.07) is 9.60. The van der Waals surface area contributed by atoms with E-state index < -0.39 is 0 Å². The van der Waals surface area contributed by atoms with Crippen molar-refractivity contribution in [3.63, 3.8) is 0 Å². The fraction of sp³-hybridized carbons (Fsp3) is 0.476. The third kappa shape index (κ3) is 6.24. The van der Waals surface area contributed by atoms with E-state index in [9.17, 15) is 4.79 Å². The minimum atomic E-state index is -0.164. The molecule has 6 nitrogen and oxygen atoms in total. The van der Waals surface area contributed by atoms with Crippen LogP contribution in [0.4, 0.5) is 5.95 Å². The maximum atomic E-state index is 12.5. The first kappa shape index (κ1) is 20.7. The highest BCUT2D eigenvalue weighted by Crippen LogP contribution is 2.13. The van der Waals surface area contributed by atoms with Gasteiger partial charge >= 0.3 is 0 Å². The first-order chi connectivity index (χ1) is 13.1. The zero-order valence-electron chi connectivity index (χ0n) is 16.8. The van der Waals surface area contributed by atoms with E-state index in [-0.39, 0.29) is 5.91 Å². The zero-order chi connectivity index (χ0) is 19.6. The lowest BCUT2D eigenvalue weighted by Crippen LogP contribution is -2.30. The van der Waals surface area contributed by atoms with E-state index in [4.69, 9.17) is 4.74 Å². The van der Waals surface area contributed by atoms with Gasteiger partial charge in [-0.2, -0.15) is 0 Å². The van der Waals surface area contributed by atoms with Crippen molar-refractivity contribution in [2.75, 3.05) is 31.6 Å². The zero-order valence-corrected chi connectivity index (χ0v) is 16.8. The Morgan fingerprint density at radius 1 is 1.11 bits per heavy atom. The number of carbonyl (C=O) groups excluding carboxylic acids is 1. The molecule has 0 aliphatic carbocycles. The van der Waals surface area contributed by atoms with Crippen molar-refractivity contribution in [3.8, 4) is 5.75 Å². The Balaban J connectivity index is 2.00. The molecule has 0 aliphatic heterocycles. The molecule has 2 aromatic rings. The Morgan fingerprint density at radius 2 is 1.78 bits per heavy atom. The summed E-state index contributed by atoms with van der Waals surface area (Å²) in [7, 11) is 1.65. The van der Waals surface area contributed by atoms with Gasteiger partial charge < -0.3 is 15.0 Å². The highest BCUT2D eigenvalue weighted by molar-refractivity contribution is 5.92. The minimum absolute atomic E-state index is 0.164. The number of benzene rings is 1. The van der Waals surface area contributed by atoms with Crippen molar-refractivity contribution >= 4 is 11.9 Å². The van der Waals surface area contributed by atoms with Crippen LogP contribution in [0.2, 0.25) is 0 Å². The Bertz CT molecular complexity index is 725. The van der Waals surface area contributed by atoms with Gasteiger partial charge in [-0.15, -0.1) is 0 Å². The first-order valence-corrected chi connectivity index (χ1v) is 9.59. The van der Waals surface area contributed by atoms with E-state index in [1.807, 2.05) is 31.2 Å². The smallest absolute Gasteiger partial charge is 0.270 e. The van der Waals surface area contributed by atoms with Crippen LogP contribution in [-0.2, 0) is 6.42 Å². The molecular weight excluding hydrogens is 340 g/mol. The van der Waals surface area contributed by atoms with Crippen LogP contribution < -0.4 is 15.0 Å². The number of carbonyl (C=O) groups is 1. The van der Waals surface area contributed by atoms with Crippen LogP contribution >= 0.6 is 0 Å². The van der Waals surface area contributed by atoms with Gasteiger partial charge in [0.25, 0.3) is 5.91 Å². The number of anilines is 1. The normalized spacial score (nSPS) is 10.5. The molecule has 0 radical (unpaired) electrons. The molecule has 146 valence electrons. The van der Waals surface area contributed by atoms with Crippen molar-refractivity contribution in [1.29, 1.82) is 0 Å². The number of nitrogens with one attached hydrogen (secondary N) is 1. The van der Waals surface area contributed by atoms with Crippen LogP contribution in [0.1, 0.15) is 48.4 Å². The molecule has 1 heterocycles. The maximum Gasteiger partial charge on any atom is 0.270 e. The molecule has 0 unspecified atom stereocenters. The third-order valence-electron chi connectivity index (χ3n) is 4.20. The molecule has 1 amide bonds. The monoisotopic (exact) mass is 370 g/mol. The van der Waals surface area contributed by atoms with Gasteiger partial charge in [-0.1, -0.05) is 26.0 Å². The van der Waals surface area contributed by atoms with Gasteiger partial charge in [0.2, 0.25) is 5.95 Å². The highest BCUT2D eigenvalue weighted by atomic mass is 16.5. The molecule has 0 bridgehead atoms. The lowest BCUT2D eigenvalue weighted by Gasteiger charge is -2.22. The van der Waals surface area contributed by atoms with Gasteiger partial charge in [0.05, 0.1) is 7.11 Å². The molecular formula is C21H30N4O2. The molecule has 0 saturated carbocycles. The molecule has 0 fully saturated rings. The number of aryl methyl sites for hydroxylation is 1. The lowest BCUT2D eigenvalue weighted by molar-refractivity contribution is 0.0949. The Morgan fingerprint density at radius 3 is 2.37 bits per heavy atom. The fourth-order valence-electron chi connectivity index (χ4n) is 2.87. The summed E-state index contributed by atoms with van der Waals surface area (Å²) in [5.41, 5.74) is 2.37. The second-order valence-electron chi connectivity index (χ2n) is 6.54. The van der Waals surface area contributed by atoms with Crippen LogP contribution in [-0.4, -0.2) is 42.6 Å². The average Bonchev–Trinajstić information content (AvgIpc) is 2.67. The molecule has 6 heteroatoms. The predicted octanol–water partition coefficient (Wildman–Crippen LogP) is 3.39. The van der Waals surface area contributed by atoms with E-state index in [1.165, 1.54) is 0 Å². The highest BCUT2D eigenvalue weighted by Gasteiger charge is 2.14. The molecule has 1 N–H and O–H groups in total. The van der Waals surface area contributed by atoms with E-state index >= 15 is 0 Å². The standard InChI is InChI=1S/C21H30N4O2/c1-5-13-25(14-6-2)21-23-16(3)15-19(24-21)20(26)22-12-11-17-7-9-18(27-4)10-8-17/h7-10,15H,5-6,11-14H2,1-4H3,(H,22,26). The number of ether oxygens (including phenoxy) is 1. The van der Waals surface area contributed by atoms with Crippen LogP contribution in [0.3, 0.4) is 0 Å². The summed E-state index contributed by atoms with van der Waals surface area (Å²) >= 11 is 0. The maximum absolute atomic E-state index is 12.5. The fourth-order valence-corrected chi connectivity index (χ4v) is 2.87. The summed E-state index contributed by atoms with van der Waals surface area (Å²) in [6.45, 7) is 8.48. The molecule has 1 aromatic heterocycles. The molecule has 27 heavy (non-hydrogen) atoms. The van der Waals surface area contributed by atoms with Crippen LogP contribution in [0.5, 0.6) is 5.75 Å². The van der Waals surface area contributed by atoms with Crippen molar-refractivity contribution in [2.45, 2.75) is 40.0 Å². The quantitative estimate of drug-likeness (QED) is 0.694. The summed E-state index contributed by atoms with van der Waals surface area (Å²) in [5.74, 6) is 1.30. The number of rotatable bonds is 10. The summed E-state index contributed by atoms with van der Waals surface area (Å²) in [5, 5.41) is 2.95. The first-order valence-electron chi connectivity index (χ1n) is 9.59. The number of aromatic nitrogens is 2. The summed E-state index contributed by atoms with van der Waals surface area (Å²) in [4.78, 5) is 23.7.